The summed E-state index contributed by atoms with van der Waals surface area (Å²) < 4.78 is 26.8. The fraction of sp³-hybridized carbons (Fsp3) is 0.738. The maximum atomic E-state index is 12.3. The maximum absolute atomic E-state index is 12.3. The molecule has 0 aliphatic rings. The van der Waals surface area contributed by atoms with Gasteiger partial charge in [-0.15, -0.1) is 0 Å². The SMILES string of the molecule is CCCC/C=C\C/C=C\CCCCCCCC(=O)NC(COP(=O)(O)OCC(O)COC(=O)CCCCCCC/C=C\C/C=C\CCCCCC)C(=O)O. The van der Waals surface area contributed by atoms with Gasteiger partial charge in [0.15, 0.2) is 6.04 Å². The molecule has 11 nitrogen and oxygen atoms in total. The average Bonchev–Trinajstić information content (AvgIpc) is 3.14. The molecule has 0 bridgehead atoms. The molecule has 0 saturated carbocycles. The summed E-state index contributed by atoms with van der Waals surface area (Å²) in [7, 11) is -4.76. The van der Waals surface area contributed by atoms with Crippen molar-refractivity contribution in [2.24, 2.45) is 0 Å². The lowest BCUT2D eigenvalue weighted by molar-refractivity contribution is -0.147. The second kappa shape index (κ2) is 37.4. The summed E-state index contributed by atoms with van der Waals surface area (Å²) in [5.41, 5.74) is 0. The highest BCUT2D eigenvalue weighted by Gasteiger charge is 2.28. The first kappa shape index (κ1) is 51.4. The fourth-order valence-corrected chi connectivity index (χ4v) is 6.07. The summed E-state index contributed by atoms with van der Waals surface area (Å²) in [6, 6.07) is -1.56. The Morgan fingerprint density at radius 3 is 1.56 bits per heavy atom. The molecule has 3 atom stereocenters. The highest BCUT2D eigenvalue weighted by Crippen LogP contribution is 2.43. The predicted molar refractivity (Wildman–Crippen MR) is 217 cm³/mol. The van der Waals surface area contributed by atoms with Crippen LogP contribution in [0.3, 0.4) is 0 Å². The maximum Gasteiger partial charge on any atom is 0.472 e. The van der Waals surface area contributed by atoms with Gasteiger partial charge in [-0.05, 0) is 70.6 Å². The molecule has 0 aromatic carbocycles. The zero-order valence-electron chi connectivity index (χ0n) is 33.5. The molecular formula is C42H74NO10P. The van der Waals surface area contributed by atoms with Crippen LogP contribution in [0.15, 0.2) is 48.6 Å². The van der Waals surface area contributed by atoms with Crippen molar-refractivity contribution in [1.82, 2.24) is 5.32 Å². The van der Waals surface area contributed by atoms with E-state index in [0.717, 1.165) is 83.5 Å². The van der Waals surface area contributed by atoms with Gasteiger partial charge in [-0.25, -0.2) is 9.36 Å². The molecule has 0 heterocycles. The minimum atomic E-state index is -4.76. The monoisotopic (exact) mass is 784 g/mol. The van der Waals surface area contributed by atoms with Gasteiger partial charge in [-0.2, -0.15) is 0 Å². The molecule has 0 aromatic rings. The summed E-state index contributed by atoms with van der Waals surface area (Å²) in [5, 5.41) is 21.8. The van der Waals surface area contributed by atoms with E-state index in [2.05, 4.69) is 67.8 Å². The number of carboxylic acid groups (broad SMARTS) is 1. The smallest absolute Gasteiger partial charge is 0.472 e. The number of aliphatic hydroxyl groups is 1. The standard InChI is InChI=1S/C42H74NO10P/c1-3-5-7-9-11-13-15-17-19-20-22-24-26-28-30-32-34-41(46)51-35-38(44)36-52-54(49,50)53-37-39(42(47)48)43-40(45)33-31-29-27-25-23-21-18-16-14-12-10-8-6-4-2/h10,12-13,15-16,18-20,38-39,44H,3-9,11,14,17,21-37H2,1-2H3,(H,43,45)(H,47,48)(H,49,50)/b12-10-,15-13-,18-16-,20-19-. The van der Waals surface area contributed by atoms with Crippen LogP contribution in [0.4, 0.5) is 0 Å². The van der Waals surface area contributed by atoms with E-state index < -0.39 is 57.6 Å². The van der Waals surface area contributed by atoms with E-state index in [4.69, 9.17) is 13.8 Å². The van der Waals surface area contributed by atoms with E-state index in [1.165, 1.54) is 44.9 Å². The van der Waals surface area contributed by atoms with Crippen LogP contribution in [-0.4, -0.2) is 64.9 Å². The van der Waals surface area contributed by atoms with Crippen LogP contribution in [0.25, 0.3) is 0 Å². The number of unbranched alkanes of at least 4 members (excludes halogenated alkanes) is 16. The molecule has 0 aromatic heterocycles. The third kappa shape index (κ3) is 36.4. The second-order valence-electron chi connectivity index (χ2n) is 13.8. The van der Waals surface area contributed by atoms with Gasteiger partial charge in [0, 0.05) is 12.8 Å². The van der Waals surface area contributed by atoms with Crippen molar-refractivity contribution in [3.8, 4) is 0 Å². The first-order chi connectivity index (χ1) is 26.1. The number of phosphoric ester groups is 1. The number of ether oxygens (including phenoxy) is 1. The minimum absolute atomic E-state index is 0.127. The molecule has 0 spiro atoms. The highest BCUT2D eigenvalue weighted by atomic mass is 31.2. The van der Waals surface area contributed by atoms with E-state index in [9.17, 15) is 34.1 Å². The number of carbonyl (C=O) groups excluding carboxylic acids is 2. The van der Waals surface area contributed by atoms with Gasteiger partial charge in [-0.3, -0.25) is 18.6 Å². The Hall–Kier alpha value is -2.56. The Labute approximate surface area is 326 Å². The van der Waals surface area contributed by atoms with Crippen LogP contribution in [0.2, 0.25) is 0 Å². The number of allylic oxidation sites excluding steroid dienone is 8. The Kier molecular flexibility index (Phi) is 35.6. The van der Waals surface area contributed by atoms with E-state index in [0.29, 0.717) is 12.8 Å². The zero-order valence-corrected chi connectivity index (χ0v) is 34.4. The zero-order chi connectivity index (χ0) is 40.0. The molecule has 0 rings (SSSR count). The molecule has 12 heteroatoms. The number of carbonyl (C=O) groups is 3. The average molecular weight is 784 g/mol. The molecule has 3 unspecified atom stereocenters. The van der Waals surface area contributed by atoms with Crippen molar-refractivity contribution in [1.29, 1.82) is 0 Å². The third-order valence-electron chi connectivity index (χ3n) is 8.59. The Bertz CT molecular complexity index is 1110. The number of hydrogen-bond acceptors (Lipinski definition) is 8. The molecule has 1 amide bonds. The summed E-state index contributed by atoms with van der Waals surface area (Å²) in [6.45, 7) is 2.49. The lowest BCUT2D eigenvalue weighted by Crippen LogP contribution is -2.43. The van der Waals surface area contributed by atoms with Crippen LogP contribution in [-0.2, 0) is 32.7 Å². The molecule has 0 radical (unpaired) electrons. The lowest BCUT2D eigenvalue weighted by atomic mass is 10.1. The number of nitrogens with one attached hydrogen (secondary N) is 1. The molecule has 4 N–H and O–H groups in total. The first-order valence-electron chi connectivity index (χ1n) is 20.7. The Morgan fingerprint density at radius 1 is 0.593 bits per heavy atom. The van der Waals surface area contributed by atoms with Crippen molar-refractivity contribution in [2.75, 3.05) is 19.8 Å². The summed E-state index contributed by atoms with van der Waals surface area (Å²) in [6.07, 6.45) is 39.9. The van der Waals surface area contributed by atoms with Crippen molar-refractivity contribution in [3.05, 3.63) is 48.6 Å². The van der Waals surface area contributed by atoms with Crippen molar-refractivity contribution >= 4 is 25.7 Å². The number of rotatable bonds is 38. The van der Waals surface area contributed by atoms with E-state index in [1.54, 1.807) is 0 Å². The van der Waals surface area contributed by atoms with Crippen molar-refractivity contribution in [3.63, 3.8) is 0 Å². The molecule has 54 heavy (non-hydrogen) atoms. The van der Waals surface area contributed by atoms with Gasteiger partial charge in [0.25, 0.3) is 0 Å². The number of phosphoric acid groups is 1. The minimum Gasteiger partial charge on any atom is -0.480 e. The van der Waals surface area contributed by atoms with Gasteiger partial charge >= 0.3 is 19.8 Å². The number of hydrogen-bond donors (Lipinski definition) is 4. The summed E-state index contributed by atoms with van der Waals surface area (Å²) in [4.78, 5) is 45.8. The van der Waals surface area contributed by atoms with Crippen LogP contribution in [0, 0.1) is 0 Å². The van der Waals surface area contributed by atoms with Crippen LogP contribution < -0.4 is 5.32 Å². The van der Waals surface area contributed by atoms with E-state index >= 15 is 0 Å². The van der Waals surface area contributed by atoms with Gasteiger partial charge in [0.05, 0.1) is 13.2 Å². The van der Waals surface area contributed by atoms with Crippen molar-refractivity contribution in [2.45, 2.75) is 180 Å². The molecule has 0 fully saturated rings. The van der Waals surface area contributed by atoms with Gasteiger partial charge in [-0.1, -0.05) is 133 Å². The fourth-order valence-electron chi connectivity index (χ4n) is 5.30. The second-order valence-corrected chi connectivity index (χ2v) is 15.3. The molecule has 0 aliphatic heterocycles. The van der Waals surface area contributed by atoms with Crippen LogP contribution >= 0.6 is 7.82 Å². The van der Waals surface area contributed by atoms with Gasteiger partial charge < -0.3 is 25.2 Å². The van der Waals surface area contributed by atoms with Crippen LogP contribution in [0.5, 0.6) is 0 Å². The normalized spacial score (nSPS) is 14.3. The highest BCUT2D eigenvalue weighted by molar-refractivity contribution is 7.47. The molecular weight excluding hydrogens is 709 g/mol. The summed E-state index contributed by atoms with van der Waals surface area (Å²) in [5.74, 6) is -2.41. The number of esters is 1. The van der Waals surface area contributed by atoms with E-state index in [-0.39, 0.29) is 12.8 Å². The van der Waals surface area contributed by atoms with Gasteiger partial charge in [0.1, 0.15) is 12.7 Å². The molecule has 0 saturated heterocycles. The number of aliphatic hydroxyl groups excluding tert-OH is 1. The third-order valence-corrected chi connectivity index (χ3v) is 9.54. The van der Waals surface area contributed by atoms with Gasteiger partial charge in [0.2, 0.25) is 5.91 Å². The quantitative estimate of drug-likeness (QED) is 0.0205. The molecule has 312 valence electrons. The largest absolute Gasteiger partial charge is 0.480 e. The van der Waals surface area contributed by atoms with Crippen molar-refractivity contribution < 1.29 is 47.8 Å². The summed E-state index contributed by atoms with van der Waals surface area (Å²) >= 11 is 0. The molecule has 0 aliphatic carbocycles. The number of amides is 1. The Morgan fingerprint density at radius 2 is 1.04 bits per heavy atom. The number of carboxylic acids is 1. The van der Waals surface area contributed by atoms with E-state index in [1.807, 2.05) is 0 Å². The lowest BCUT2D eigenvalue weighted by Gasteiger charge is -2.18. The Balaban J connectivity index is 3.97. The topological polar surface area (TPSA) is 169 Å². The first-order valence-corrected chi connectivity index (χ1v) is 22.2. The van der Waals surface area contributed by atoms with Crippen LogP contribution in [0.1, 0.15) is 168 Å². The predicted octanol–water partition coefficient (Wildman–Crippen LogP) is 10.2. The number of aliphatic carboxylic acids is 1.